The van der Waals surface area contributed by atoms with Crippen molar-refractivity contribution in [3.05, 3.63) is 133 Å². The third-order valence-corrected chi connectivity index (χ3v) is 10.4. The molecule has 0 saturated carbocycles. The standard InChI is InChI=1S/C35H37F2N5O8S/c1-38(51(47,48)31-14-7-6-13-30(31)42(45)46)17-18-40-24-39(19-20-49-2)35(44)32-34(50-23-25-9-4-3-5-10-25)33(43)27(22-41(32)40)12-8-11-26-15-16-28(36)21-29(26)37/h3-7,9-10,13-16,21-22H,8,11-12,17-20,23-24H2,1-2H3. The normalized spacial score (nSPS) is 13.1. The number of hydrogen-bond acceptors (Lipinski definition) is 9. The van der Waals surface area contributed by atoms with Crippen LogP contribution in [0, 0.1) is 21.7 Å². The van der Waals surface area contributed by atoms with Crippen molar-refractivity contribution in [3.8, 4) is 5.75 Å². The summed E-state index contributed by atoms with van der Waals surface area (Å²) < 4.78 is 68.6. The van der Waals surface area contributed by atoms with Crippen LogP contribution < -0.4 is 15.2 Å². The Morgan fingerprint density at radius 3 is 2.37 bits per heavy atom. The number of nitro groups is 1. The summed E-state index contributed by atoms with van der Waals surface area (Å²) in [5, 5.41) is 13.3. The predicted molar refractivity (Wildman–Crippen MR) is 184 cm³/mol. The molecule has 0 unspecified atom stereocenters. The Balaban J connectivity index is 1.51. The molecule has 4 aromatic rings. The molecule has 1 aromatic heterocycles. The number of likely N-dealkylation sites (N-methyl/N-ethyl adjacent to an activating group) is 1. The molecule has 1 aliphatic rings. The molecule has 0 fully saturated rings. The summed E-state index contributed by atoms with van der Waals surface area (Å²) in [5.41, 5.74) is 0.111. The first-order valence-corrected chi connectivity index (χ1v) is 17.5. The molecule has 0 atom stereocenters. The molecular weight excluding hydrogens is 688 g/mol. The van der Waals surface area contributed by atoms with Gasteiger partial charge in [-0.25, -0.2) is 17.2 Å². The molecule has 0 N–H and O–H groups in total. The minimum Gasteiger partial charge on any atom is -0.482 e. The molecule has 13 nitrogen and oxygen atoms in total. The van der Waals surface area contributed by atoms with Gasteiger partial charge in [0.15, 0.2) is 16.3 Å². The van der Waals surface area contributed by atoms with Gasteiger partial charge >= 0.3 is 0 Å². The lowest BCUT2D eigenvalue weighted by Crippen LogP contribution is -2.56. The van der Waals surface area contributed by atoms with Crippen LogP contribution in [0.2, 0.25) is 0 Å². The van der Waals surface area contributed by atoms with Crippen molar-refractivity contribution in [1.82, 2.24) is 13.9 Å². The number of nitro benzene ring substituents is 1. The molecule has 0 saturated heterocycles. The highest BCUT2D eigenvalue weighted by Crippen LogP contribution is 2.27. The summed E-state index contributed by atoms with van der Waals surface area (Å²) in [5.74, 6) is -2.11. The van der Waals surface area contributed by atoms with Gasteiger partial charge in [-0.15, -0.1) is 0 Å². The van der Waals surface area contributed by atoms with Crippen molar-refractivity contribution in [2.75, 3.05) is 52.1 Å². The van der Waals surface area contributed by atoms with E-state index in [9.17, 15) is 36.9 Å². The maximum Gasteiger partial charge on any atom is 0.289 e. The van der Waals surface area contributed by atoms with Crippen molar-refractivity contribution < 1.29 is 36.4 Å². The van der Waals surface area contributed by atoms with Gasteiger partial charge in [0.1, 0.15) is 24.9 Å². The average molecular weight is 726 g/mol. The van der Waals surface area contributed by atoms with E-state index in [4.69, 9.17) is 9.47 Å². The molecule has 3 aromatic carbocycles. The Kier molecular flexibility index (Phi) is 11.8. The number of para-hydroxylation sites is 1. The summed E-state index contributed by atoms with van der Waals surface area (Å²) in [6.07, 6.45) is 2.16. The van der Waals surface area contributed by atoms with E-state index in [1.165, 1.54) is 48.1 Å². The van der Waals surface area contributed by atoms with Crippen molar-refractivity contribution in [2.24, 2.45) is 0 Å². The molecule has 0 radical (unpaired) electrons. The number of pyridine rings is 1. The molecule has 270 valence electrons. The summed E-state index contributed by atoms with van der Waals surface area (Å²) in [7, 11) is -1.54. The fourth-order valence-electron chi connectivity index (χ4n) is 5.68. The Labute approximate surface area is 293 Å². The third-order valence-electron chi connectivity index (χ3n) is 8.47. The van der Waals surface area contributed by atoms with Crippen LogP contribution in [0.5, 0.6) is 5.75 Å². The zero-order valence-corrected chi connectivity index (χ0v) is 28.9. The zero-order valence-electron chi connectivity index (χ0n) is 28.0. The number of sulfonamides is 1. The van der Waals surface area contributed by atoms with Crippen LogP contribution in [0.1, 0.15) is 33.6 Å². The fraction of sp³-hybridized carbons (Fsp3) is 0.314. The highest BCUT2D eigenvalue weighted by molar-refractivity contribution is 7.89. The van der Waals surface area contributed by atoms with Crippen LogP contribution in [0.25, 0.3) is 0 Å². The first-order valence-electron chi connectivity index (χ1n) is 16.0. The zero-order chi connectivity index (χ0) is 36.7. The number of methoxy groups -OCH3 is 1. The minimum absolute atomic E-state index is 0.0125. The summed E-state index contributed by atoms with van der Waals surface area (Å²) in [6, 6.07) is 17.4. The number of aromatic nitrogens is 1. The predicted octanol–water partition coefficient (Wildman–Crippen LogP) is 4.11. The highest BCUT2D eigenvalue weighted by Gasteiger charge is 2.35. The van der Waals surface area contributed by atoms with Gasteiger partial charge in [0, 0.05) is 51.1 Å². The summed E-state index contributed by atoms with van der Waals surface area (Å²) >= 11 is 0. The second-order valence-corrected chi connectivity index (χ2v) is 13.9. The van der Waals surface area contributed by atoms with Crippen molar-refractivity contribution in [1.29, 1.82) is 0 Å². The lowest BCUT2D eigenvalue weighted by atomic mass is 10.0. The average Bonchev–Trinajstić information content (AvgIpc) is 3.12. The number of nitrogens with zero attached hydrogens (tertiary/aromatic N) is 5. The molecular formula is C35H37F2N5O8S. The van der Waals surface area contributed by atoms with Crippen LogP contribution in [-0.2, 0) is 34.2 Å². The lowest BCUT2D eigenvalue weighted by Gasteiger charge is -2.40. The Hall–Kier alpha value is -5.19. The first kappa shape index (κ1) is 37.1. The third kappa shape index (κ3) is 8.41. The maximum atomic E-state index is 14.4. The van der Waals surface area contributed by atoms with Gasteiger partial charge in [-0.05, 0) is 42.5 Å². The van der Waals surface area contributed by atoms with Gasteiger partial charge in [0.05, 0.1) is 18.1 Å². The SMILES string of the molecule is COCCN1CN(CCN(C)S(=O)(=O)c2ccccc2[N+](=O)[O-])n2cc(CCCc3ccc(F)cc3F)c(=O)c(OCc3ccccc3)c2C1=O. The number of hydrogen-bond donors (Lipinski definition) is 0. The molecule has 0 bridgehead atoms. The largest absolute Gasteiger partial charge is 0.482 e. The molecule has 1 aliphatic heterocycles. The quantitative estimate of drug-likeness (QED) is 0.123. The molecule has 2 heterocycles. The second-order valence-electron chi connectivity index (χ2n) is 11.9. The van der Waals surface area contributed by atoms with E-state index in [2.05, 4.69) is 0 Å². The molecule has 0 spiro atoms. The number of benzene rings is 3. The van der Waals surface area contributed by atoms with Crippen LogP contribution >= 0.6 is 0 Å². The maximum absolute atomic E-state index is 14.4. The minimum atomic E-state index is -4.31. The van der Waals surface area contributed by atoms with Crippen LogP contribution in [0.4, 0.5) is 14.5 Å². The number of fused-ring (bicyclic) bond motifs is 1. The highest BCUT2D eigenvalue weighted by atomic mass is 32.2. The van der Waals surface area contributed by atoms with E-state index < -0.39 is 48.5 Å². The number of amides is 1. The number of rotatable bonds is 16. The smallest absolute Gasteiger partial charge is 0.289 e. The molecule has 1 amide bonds. The Morgan fingerprint density at radius 2 is 1.67 bits per heavy atom. The van der Waals surface area contributed by atoms with E-state index in [-0.39, 0.29) is 74.9 Å². The van der Waals surface area contributed by atoms with Crippen LogP contribution in [0.3, 0.4) is 0 Å². The van der Waals surface area contributed by atoms with Gasteiger partial charge in [0.25, 0.3) is 11.6 Å². The van der Waals surface area contributed by atoms with Crippen molar-refractivity contribution in [2.45, 2.75) is 30.8 Å². The Bertz CT molecular complexity index is 2060. The number of aryl methyl sites for hydroxylation is 2. The monoisotopic (exact) mass is 725 g/mol. The molecule has 0 aliphatic carbocycles. The fourth-order valence-corrected chi connectivity index (χ4v) is 7.00. The van der Waals surface area contributed by atoms with E-state index in [1.54, 1.807) is 29.3 Å². The first-order chi connectivity index (χ1) is 24.4. The van der Waals surface area contributed by atoms with Crippen molar-refractivity contribution in [3.63, 3.8) is 0 Å². The number of ether oxygens (including phenoxy) is 2. The summed E-state index contributed by atoms with van der Waals surface area (Å²) in [6.45, 7) is 0.0970. The van der Waals surface area contributed by atoms with E-state index in [0.717, 1.165) is 34.1 Å². The van der Waals surface area contributed by atoms with Gasteiger partial charge in [-0.2, -0.15) is 4.31 Å². The Morgan fingerprint density at radius 1 is 0.961 bits per heavy atom. The van der Waals surface area contributed by atoms with E-state index in [1.807, 2.05) is 6.07 Å². The topological polar surface area (TPSA) is 145 Å². The second kappa shape index (κ2) is 16.2. The lowest BCUT2D eigenvalue weighted by molar-refractivity contribution is -0.387. The van der Waals surface area contributed by atoms with Crippen molar-refractivity contribution >= 4 is 21.6 Å². The van der Waals surface area contributed by atoms with Crippen LogP contribution in [0.15, 0.2) is 88.7 Å². The molecule has 51 heavy (non-hydrogen) atoms. The van der Waals surface area contributed by atoms with Crippen LogP contribution in [-0.4, -0.2) is 80.2 Å². The summed E-state index contributed by atoms with van der Waals surface area (Å²) in [4.78, 5) is 39.8. The molecule has 16 heteroatoms. The number of halogens is 2. The van der Waals surface area contributed by atoms with Gasteiger partial charge in [-0.3, -0.25) is 29.4 Å². The number of carbonyl (C=O) groups is 1. The number of carbonyl (C=O) groups excluding carboxylic acids is 1. The van der Waals surface area contributed by atoms with E-state index in [0.29, 0.717) is 6.42 Å². The van der Waals surface area contributed by atoms with E-state index >= 15 is 0 Å². The molecule has 5 rings (SSSR count). The van der Waals surface area contributed by atoms with Gasteiger partial charge in [-0.1, -0.05) is 48.5 Å². The van der Waals surface area contributed by atoms with Gasteiger partial charge < -0.3 is 14.4 Å². The van der Waals surface area contributed by atoms with Gasteiger partial charge in [0.2, 0.25) is 15.5 Å².